The maximum Gasteiger partial charge on any atom is 0.0514 e. The van der Waals surface area contributed by atoms with Gasteiger partial charge in [0.25, 0.3) is 0 Å². The van der Waals surface area contributed by atoms with Gasteiger partial charge in [-0.3, -0.25) is 0 Å². The molecule has 1 rings (SSSR count). The highest BCUT2D eigenvalue weighted by molar-refractivity contribution is 7.13. The van der Waals surface area contributed by atoms with Crippen LogP contribution in [0, 0.1) is 0 Å². The summed E-state index contributed by atoms with van der Waals surface area (Å²) < 4.78 is 1.72. The van der Waals surface area contributed by atoms with Crippen molar-refractivity contribution >= 4 is 15.4 Å². The minimum Gasteiger partial charge on any atom is -0.388 e. The lowest BCUT2D eigenvalue weighted by atomic mass is 10.5. The minimum atomic E-state index is 0.128. The topological polar surface area (TPSA) is 32.0 Å². The van der Waals surface area contributed by atoms with Gasteiger partial charge in [0.2, 0.25) is 0 Å². The zero-order valence-electron chi connectivity index (χ0n) is 7.28. The van der Waals surface area contributed by atoms with E-state index in [0.717, 1.165) is 0 Å². The third-order valence-corrected chi connectivity index (χ3v) is 2.53. The molecule has 0 bridgehead atoms. The summed E-state index contributed by atoms with van der Waals surface area (Å²) in [6, 6.07) is 0. The van der Waals surface area contributed by atoms with E-state index in [1.807, 2.05) is 0 Å². The van der Waals surface area contributed by atoms with E-state index in [2.05, 4.69) is 22.5 Å². The number of guanidine groups is 1. The second-order valence-electron chi connectivity index (χ2n) is 2.62. The fraction of sp³-hybridized carbons (Fsp3) is 0.286. The third-order valence-electron chi connectivity index (χ3n) is 1.93. The molecule has 0 saturated carbocycles. The van der Waals surface area contributed by atoms with E-state index in [1.54, 1.807) is 28.6 Å². The molecule has 0 amide bonds. The van der Waals surface area contributed by atoms with Crippen molar-refractivity contribution in [3.05, 3.63) is 30.2 Å². The van der Waals surface area contributed by atoms with Gasteiger partial charge in [-0.05, 0) is 23.5 Å². The van der Waals surface area contributed by atoms with Gasteiger partial charge in [0.05, 0.1) is 11.6 Å². The van der Waals surface area contributed by atoms with E-state index < -0.39 is 0 Å². The lowest BCUT2D eigenvalue weighted by Gasteiger charge is -2.49. The second-order valence-corrected chi connectivity index (χ2v) is 3.14. The number of hydrogen-bond acceptors (Lipinski definition) is 1. The van der Waals surface area contributed by atoms with Gasteiger partial charge in [0.15, 0.2) is 0 Å². The van der Waals surface area contributed by atoms with Crippen LogP contribution in [0.3, 0.4) is 0 Å². The maximum atomic E-state index is 9.52. The van der Waals surface area contributed by atoms with Gasteiger partial charge in [0.1, 0.15) is 0 Å². The standard InChI is InChI=1S/C7H12N4P/c1-5-9(3)7(8)10(4)6(2)11(5)12/h1-2,12H2,3-4H3/q-1. The Hall–Kier alpha value is -1.02. The Morgan fingerprint density at radius 3 is 1.83 bits per heavy atom. The Labute approximate surface area is 74.9 Å². The summed E-state index contributed by atoms with van der Waals surface area (Å²) >= 11 is 0. The smallest absolute Gasteiger partial charge is 0.0514 e. The third kappa shape index (κ3) is 1.08. The minimum absolute atomic E-state index is 0.128. The van der Waals surface area contributed by atoms with E-state index >= 15 is 0 Å². The summed E-state index contributed by atoms with van der Waals surface area (Å²) in [5.74, 6) is 1.46. The summed E-state index contributed by atoms with van der Waals surface area (Å²) in [6.45, 7) is 7.55. The largest absolute Gasteiger partial charge is 0.388 e. The van der Waals surface area contributed by atoms with Crippen LogP contribution in [-0.2, 0) is 0 Å². The molecule has 0 aromatic rings. The van der Waals surface area contributed by atoms with Crippen LogP contribution in [0.1, 0.15) is 0 Å². The monoisotopic (exact) mass is 183 g/mol. The molecular formula is C7H12N4P-. The molecule has 0 aromatic heterocycles. The van der Waals surface area contributed by atoms with Gasteiger partial charge in [0, 0.05) is 5.96 Å². The first-order valence-electron chi connectivity index (χ1n) is 3.42. The molecule has 1 fully saturated rings. The Bertz CT molecular complexity index is 199. The van der Waals surface area contributed by atoms with E-state index in [9.17, 15) is 5.41 Å². The van der Waals surface area contributed by atoms with E-state index in [0.29, 0.717) is 11.6 Å². The molecule has 0 N–H and O–H groups in total. The average Bonchev–Trinajstić information content (AvgIpc) is 2.08. The van der Waals surface area contributed by atoms with Crippen molar-refractivity contribution in [3.63, 3.8) is 0 Å². The Balaban J connectivity index is 2.99. The Kier molecular flexibility index (Phi) is 2.11. The second kappa shape index (κ2) is 2.79. The van der Waals surface area contributed by atoms with Crippen molar-refractivity contribution in [1.82, 2.24) is 14.5 Å². The van der Waals surface area contributed by atoms with Gasteiger partial charge >= 0.3 is 0 Å². The molecular weight excluding hydrogens is 171 g/mol. The van der Waals surface area contributed by atoms with Crippen LogP contribution in [0.25, 0.3) is 5.41 Å². The zero-order valence-corrected chi connectivity index (χ0v) is 8.44. The van der Waals surface area contributed by atoms with E-state index in [4.69, 9.17) is 0 Å². The molecule has 1 aliphatic heterocycles. The molecule has 4 nitrogen and oxygen atoms in total. The molecule has 0 aliphatic carbocycles. The summed E-state index contributed by atoms with van der Waals surface area (Å²) in [4.78, 5) is 3.14. The number of nitrogens with zero attached hydrogens (tertiary/aromatic N) is 4. The summed E-state index contributed by atoms with van der Waals surface area (Å²) in [5, 5.41) is 9.52. The maximum absolute atomic E-state index is 9.52. The predicted octanol–water partition coefficient (Wildman–Crippen LogP) is 0.823. The van der Waals surface area contributed by atoms with Gasteiger partial charge in [-0.1, -0.05) is 13.2 Å². The van der Waals surface area contributed by atoms with Gasteiger partial charge in [-0.2, -0.15) is 0 Å². The molecule has 1 aliphatic rings. The molecule has 0 radical (unpaired) electrons. The molecule has 1 heterocycles. The molecule has 1 saturated heterocycles. The zero-order chi connectivity index (χ0) is 9.46. The van der Waals surface area contributed by atoms with Crippen LogP contribution < -0.4 is 0 Å². The van der Waals surface area contributed by atoms with Crippen LogP contribution in [0.15, 0.2) is 24.8 Å². The van der Waals surface area contributed by atoms with Gasteiger partial charge in [-0.15, -0.1) is 0 Å². The number of rotatable bonds is 0. The highest BCUT2D eigenvalue weighted by Gasteiger charge is 2.18. The first-order valence-corrected chi connectivity index (χ1v) is 3.94. The fourth-order valence-electron chi connectivity index (χ4n) is 0.928. The molecule has 0 aromatic carbocycles. The average molecular weight is 183 g/mol. The van der Waals surface area contributed by atoms with Gasteiger partial charge < -0.3 is 19.9 Å². The van der Waals surface area contributed by atoms with Crippen molar-refractivity contribution in [2.45, 2.75) is 0 Å². The first kappa shape index (κ1) is 9.07. The van der Waals surface area contributed by atoms with Crippen LogP contribution >= 0.6 is 9.39 Å². The molecule has 1 unspecified atom stereocenters. The van der Waals surface area contributed by atoms with Crippen LogP contribution in [0.5, 0.6) is 0 Å². The van der Waals surface area contributed by atoms with Crippen molar-refractivity contribution in [2.75, 3.05) is 14.1 Å². The van der Waals surface area contributed by atoms with Crippen molar-refractivity contribution in [2.24, 2.45) is 0 Å². The molecule has 12 heavy (non-hydrogen) atoms. The summed E-state index contributed by atoms with van der Waals surface area (Å²) in [6.07, 6.45) is 0. The quantitative estimate of drug-likeness (QED) is 0.521. The van der Waals surface area contributed by atoms with Gasteiger partial charge in [-0.25, -0.2) is 0 Å². The highest BCUT2D eigenvalue weighted by Crippen LogP contribution is 2.26. The number of hydrogen-bond donors (Lipinski definition) is 0. The van der Waals surface area contributed by atoms with Crippen LogP contribution in [0.4, 0.5) is 0 Å². The lowest BCUT2D eigenvalue weighted by Crippen LogP contribution is -2.48. The van der Waals surface area contributed by atoms with E-state index in [1.165, 1.54) is 0 Å². The normalized spacial score (nSPS) is 19.2. The van der Waals surface area contributed by atoms with E-state index in [-0.39, 0.29) is 5.96 Å². The highest BCUT2D eigenvalue weighted by atomic mass is 31.0. The molecule has 0 spiro atoms. The van der Waals surface area contributed by atoms with Crippen molar-refractivity contribution in [3.8, 4) is 0 Å². The van der Waals surface area contributed by atoms with Crippen molar-refractivity contribution < 1.29 is 0 Å². The molecule has 66 valence electrons. The van der Waals surface area contributed by atoms with Crippen LogP contribution in [0.2, 0.25) is 0 Å². The predicted molar refractivity (Wildman–Crippen MR) is 53.7 cm³/mol. The Morgan fingerprint density at radius 1 is 1.17 bits per heavy atom. The summed E-state index contributed by atoms with van der Waals surface area (Å²) in [7, 11) is 5.94. The Morgan fingerprint density at radius 2 is 1.50 bits per heavy atom. The lowest BCUT2D eigenvalue weighted by molar-refractivity contribution is 0.335. The fourth-order valence-corrected chi connectivity index (χ4v) is 1.27. The van der Waals surface area contributed by atoms with Crippen LogP contribution in [-0.4, -0.2) is 34.5 Å². The SMILES string of the molecule is C=C1N(C)C(=[N-])N(C)C(=C)N1P. The summed E-state index contributed by atoms with van der Waals surface area (Å²) in [5.41, 5.74) is 0. The molecule has 1 atom stereocenters. The molecule has 5 heteroatoms. The van der Waals surface area contributed by atoms with Crippen molar-refractivity contribution in [1.29, 1.82) is 0 Å². The first-order chi connectivity index (χ1) is 5.46.